The Bertz CT molecular complexity index is 1580. The first-order chi connectivity index (χ1) is 22.8. The lowest BCUT2D eigenvalue weighted by molar-refractivity contribution is -0.362. The first-order valence-electron chi connectivity index (χ1n) is 17.5. The van der Waals surface area contributed by atoms with Gasteiger partial charge in [-0.2, -0.15) is 22.0 Å². The van der Waals surface area contributed by atoms with Crippen LogP contribution in [-0.2, 0) is 17.8 Å². The summed E-state index contributed by atoms with van der Waals surface area (Å²) in [6, 6.07) is 18.6. The second kappa shape index (κ2) is 12.5. The van der Waals surface area contributed by atoms with E-state index >= 15 is 8.78 Å². The molecule has 48 heavy (non-hydrogen) atoms. The fourth-order valence-electron chi connectivity index (χ4n) is 9.93. The molecule has 0 aromatic heterocycles. The number of carbonyl (C=O) groups excluding carboxylic acids is 1. The molecule has 1 aliphatic heterocycles. The molecule has 0 bridgehead atoms. The number of aliphatic hydroxyl groups is 1. The Morgan fingerprint density at radius 1 is 0.854 bits per heavy atom. The lowest BCUT2D eigenvalue weighted by Crippen LogP contribution is -2.65. The molecule has 2 aromatic carbocycles. The summed E-state index contributed by atoms with van der Waals surface area (Å²) in [7, 11) is 0. The van der Waals surface area contributed by atoms with Crippen LogP contribution >= 0.6 is 0 Å². The molecule has 0 amide bonds. The van der Waals surface area contributed by atoms with Gasteiger partial charge in [0.25, 0.3) is 0 Å². The van der Waals surface area contributed by atoms with Crippen LogP contribution in [0, 0.1) is 17.3 Å². The Kier molecular flexibility index (Phi) is 8.73. The SMILES string of the molecule is C[C@]12C[C@H](c3ccc(CN4CCN(CCc5ccccc5)CC4)cc3)C3=C4CCC(=O)C=C4CC[C@H]3[C@@H]1CC[C@@]2(O)C(F)(F)C(F)(F)F. The van der Waals surface area contributed by atoms with Crippen molar-refractivity contribution < 1.29 is 31.9 Å². The number of ketones is 1. The van der Waals surface area contributed by atoms with Crippen LogP contribution in [0.1, 0.15) is 74.5 Å². The van der Waals surface area contributed by atoms with Crippen LogP contribution in [0.4, 0.5) is 22.0 Å². The molecule has 4 nitrogen and oxygen atoms in total. The fraction of sp³-hybridized carbons (Fsp3) is 0.564. The molecular formula is C39H45F5N2O2. The molecule has 5 atom stereocenters. The van der Waals surface area contributed by atoms with E-state index in [9.17, 15) is 23.1 Å². The van der Waals surface area contributed by atoms with E-state index in [0.29, 0.717) is 25.7 Å². The van der Waals surface area contributed by atoms with Crippen LogP contribution in [0.3, 0.4) is 0 Å². The van der Waals surface area contributed by atoms with Gasteiger partial charge in [0.1, 0.15) is 5.60 Å². The smallest absolute Gasteiger partial charge is 0.383 e. The quantitative estimate of drug-likeness (QED) is 0.305. The standard InChI is InChI=1S/C39H45F5N2O2/c1-36-24-33(28-9-7-27(8-10-28)25-46-21-19-45(20-22-46)18-16-26-5-3-2-4-6-26)35-31-14-12-30(47)23-29(31)11-13-32(35)34(36)15-17-37(36,48)38(40,41)39(42,43)44/h2-10,23,32-34,48H,11-22,24-25H2,1H3/t32-,33+,34-,36-,37-/m0/s1. The Morgan fingerprint density at radius 3 is 2.23 bits per heavy atom. The summed E-state index contributed by atoms with van der Waals surface area (Å²) in [5.41, 5.74) is 1.67. The monoisotopic (exact) mass is 668 g/mol. The molecule has 0 radical (unpaired) electrons. The van der Waals surface area contributed by atoms with E-state index in [1.807, 2.05) is 18.2 Å². The number of rotatable bonds is 7. The van der Waals surface area contributed by atoms with E-state index in [4.69, 9.17) is 0 Å². The second-order valence-electron chi connectivity index (χ2n) is 15.1. The summed E-state index contributed by atoms with van der Waals surface area (Å²) in [5.74, 6) is -6.29. The molecule has 9 heteroatoms. The summed E-state index contributed by atoms with van der Waals surface area (Å²) in [5, 5.41) is 11.5. The number of carbonyl (C=O) groups is 1. The van der Waals surface area contributed by atoms with Gasteiger partial charge in [-0.1, -0.05) is 67.1 Å². The molecule has 5 aliphatic rings. The van der Waals surface area contributed by atoms with Gasteiger partial charge in [0.15, 0.2) is 5.78 Å². The maximum Gasteiger partial charge on any atom is 0.456 e. The number of benzene rings is 2. The highest BCUT2D eigenvalue weighted by Gasteiger charge is 2.79. The number of nitrogens with zero attached hydrogens (tertiary/aromatic N) is 2. The van der Waals surface area contributed by atoms with E-state index < -0.39 is 41.4 Å². The molecule has 0 spiro atoms. The fourth-order valence-corrected chi connectivity index (χ4v) is 9.93. The van der Waals surface area contributed by atoms with E-state index in [-0.39, 0.29) is 24.5 Å². The van der Waals surface area contributed by atoms with Gasteiger partial charge < -0.3 is 10.0 Å². The Hall–Kier alpha value is -2.88. The Morgan fingerprint density at radius 2 is 1.54 bits per heavy atom. The number of hydrogen-bond acceptors (Lipinski definition) is 4. The molecule has 1 N–H and O–H groups in total. The number of fused-ring (bicyclic) bond motifs is 4. The molecular weight excluding hydrogens is 623 g/mol. The van der Waals surface area contributed by atoms with Crippen LogP contribution in [0.25, 0.3) is 0 Å². The zero-order valence-corrected chi connectivity index (χ0v) is 27.5. The minimum Gasteiger partial charge on any atom is -0.383 e. The lowest BCUT2D eigenvalue weighted by atomic mass is 9.50. The van der Waals surface area contributed by atoms with E-state index in [2.05, 4.69) is 46.2 Å². The molecule has 2 aromatic rings. The van der Waals surface area contributed by atoms with Crippen molar-refractivity contribution in [3.63, 3.8) is 0 Å². The van der Waals surface area contributed by atoms with Crippen LogP contribution in [0.5, 0.6) is 0 Å². The van der Waals surface area contributed by atoms with Gasteiger partial charge in [-0.15, -0.1) is 0 Å². The number of alkyl halides is 5. The van der Waals surface area contributed by atoms with Crippen LogP contribution in [-0.4, -0.2) is 71.1 Å². The van der Waals surface area contributed by atoms with Gasteiger partial charge in [0, 0.05) is 57.0 Å². The Balaban J connectivity index is 1.12. The third-order valence-corrected chi connectivity index (χ3v) is 12.6. The second-order valence-corrected chi connectivity index (χ2v) is 15.1. The first-order valence-corrected chi connectivity index (χ1v) is 17.5. The van der Waals surface area contributed by atoms with Crippen molar-refractivity contribution in [2.24, 2.45) is 17.3 Å². The van der Waals surface area contributed by atoms with Crippen LogP contribution in [0.15, 0.2) is 77.4 Å². The third-order valence-electron chi connectivity index (χ3n) is 12.6. The van der Waals surface area contributed by atoms with Crippen molar-refractivity contribution in [3.8, 4) is 0 Å². The van der Waals surface area contributed by atoms with E-state index in [1.165, 1.54) is 12.5 Å². The lowest BCUT2D eigenvalue weighted by Gasteiger charge is -2.56. The van der Waals surface area contributed by atoms with Crippen molar-refractivity contribution >= 4 is 5.78 Å². The largest absolute Gasteiger partial charge is 0.456 e. The predicted molar refractivity (Wildman–Crippen MR) is 175 cm³/mol. The zero-order chi connectivity index (χ0) is 33.9. The molecule has 1 saturated heterocycles. The highest BCUT2D eigenvalue weighted by molar-refractivity contribution is 5.93. The summed E-state index contributed by atoms with van der Waals surface area (Å²) in [6.07, 6.45) is -1.47. The average molecular weight is 669 g/mol. The van der Waals surface area contributed by atoms with Gasteiger partial charge in [0.2, 0.25) is 0 Å². The first kappa shape index (κ1) is 33.6. The topological polar surface area (TPSA) is 43.8 Å². The van der Waals surface area contributed by atoms with Crippen LogP contribution in [0.2, 0.25) is 0 Å². The summed E-state index contributed by atoms with van der Waals surface area (Å²) < 4.78 is 72.2. The van der Waals surface area contributed by atoms with Crippen molar-refractivity contribution in [1.29, 1.82) is 0 Å². The van der Waals surface area contributed by atoms with E-state index in [1.54, 1.807) is 6.08 Å². The van der Waals surface area contributed by atoms with Gasteiger partial charge >= 0.3 is 12.1 Å². The minimum atomic E-state index is -5.85. The number of hydrogen-bond donors (Lipinski definition) is 1. The minimum absolute atomic E-state index is 0.000679. The van der Waals surface area contributed by atoms with Gasteiger partial charge in [-0.3, -0.25) is 9.69 Å². The molecule has 4 aliphatic carbocycles. The predicted octanol–water partition coefficient (Wildman–Crippen LogP) is 7.88. The summed E-state index contributed by atoms with van der Waals surface area (Å²) in [6.45, 7) is 7.18. The molecule has 7 rings (SSSR count). The summed E-state index contributed by atoms with van der Waals surface area (Å²) in [4.78, 5) is 17.3. The number of allylic oxidation sites excluding steroid dienone is 4. The van der Waals surface area contributed by atoms with Gasteiger partial charge in [-0.25, -0.2) is 0 Å². The van der Waals surface area contributed by atoms with Crippen molar-refractivity contribution in [1.82, 2.24) is 9.80 Å². The van der Waals surface area contributed by atoms with Crippen molar-refractivity contribution in [2.45, 2.75) is 88.5 Å². The number of piperazine rings is 1. The van der Waals surface area contributed by atoms with E-state index in [0.717, 1.165) is 73.5 Å². The highest BCUT2D eigenvalue weighted by atomic mass is 19.4. The third kappa shape index (κ3) is 5.67. The average Bonchev–Trinajstić information content (AvgIpc) is 3.35. The maximum atomic E-state index is 15.3. The summed E-state index contributed by atoms with van der Waals surface area (Å²) >= 11 is 0. The van der Waals surface area contributed by atoms with Crippen molar-refractivity contribution in [3.05, 3.63) is 94.1 Å². The van der Waals surface area contributed by atoms with Crippen molar-refractivity contribution in [2.75, 3.05) is 32.7 Å². The highest BCUT2D eigenvalue weighted by Crippen LogP contribution is 2.70. The van der Waals surface area contributed by atoms with Crippen LogP contribution < -0.4 is 0 Å². The zero-order valence-electron chi connectivity index (χ0n) is 27.5. The Labute approximate surface area is 279 Å². The molecule has 1 heterocycles. The van der Waals surface area contributed by atoms with Gasteiger partial charge in [0.05, 0.1) is 0 Å². The maximum absolute atomic E-state index is 15.3. The molecule has 2 saturated carbocycles. The molecule has 3 fully saturated rings. The number of halogens is 5. The van der Waals surface area contributed by atoms with Gasteiger partial charge in [-0.05, 0) is 90.7 Å². The molecule has 0 unspecified atom stereocenters. The normalized spacial score (nSPS) is 31.7. The molecule has 258 valence electrons.